The summed E-state index contributed by atoms with van der Waals surface area (Å²) in [6.45, 7) is 8.36. The maximum absolute atomic E-state index is 13.8. The fourth-order valence-corrected chi connectivity index (χ4v) is 7.33. The molecule has 14 heteroatoms. The maximum atomic E-state index is 13.8. The van der Waals surface area contributed by atoms with E-state index < -0.39 is 6.09 Å². The number of nitrogens with one attached hydrogen (secondary N) is 4. The average Bonchev–Trinajstić information content (AvgIpc) is 4.00. The third-order valence-electron chi connectivity index (χ3n) is 9.35. The van der Waals surface area contributed by atoms with Crippen LogP contribution in [-0.4, -0.2) is 97.9 Å². The van der Waals surface area contributed by atoms with Gasteiger partial charge in [0.25, 0.3) is 0 Å². The van der Waals surface area contributed by atoms with E-state index >= 15 is 0 Å². The number of hydrogen-bond acceptors (Lipinski definition) is 9. The molecule has 2 aromatic heterocycles. The number of amidine groups is 1. The van der Waals surface area contributed by atoms with Crippen molar-refractivity contribution in [3.05, 3.63) is 72.6 Å². The van der Waals surface area contributed by atoms with Gasteiger partial charge in [0.2, 0.25) is 11.8 Å². The van der Waals surface area contributed by atoms with Crippen molar-refractivity contribution in [2.45, 2.75) is 58.7 Å². The molecular weight excluding hydrogens is 679 g/mol. The molecule has 0 saturated carbocycles. The molecule has 2 aliphatic heterocycles. The Labute approximate surface area is 308 Å². The van der Waals surface area contributed by atoms with Crippen molar-refractivity contribution < 1.29 is 19.1 Å². The predicted molar refractivity (Wildman–Crippen MR) is 203 cm³/mol. The van der Waals surface area contributed by atoms with Gasteiger partial charge in [0, 0.05) is 18.8 Å². The second kappa shape index (κ2) is 16.9. The number of imidazole rings is 2. The molecule has 0 bridgehead atoms. The van der Waals surface area contributed by atoms with Gasteiger partial charge >= 0.3 is 6.09 Å². The quantitative estimate of drug-likeness (QED) is 0.138. The van der Waals surface area contributed by atoms with Crippen LogP contribution in [0.25, 0.3) is 33.6 Å². The Morgan fingerprint density at radius 2 is 1.63 bits per heavy atom. The number of alkyl carbamates (subject to hydrolysis) is 1. The number of nitrogens with zero attached hydrogens (tertiary/aromatic N) is 5. The Kier molecular flexibility index (Phi) is 11.9. The Morgan fingerprint density at radius 3 is 2.25 bits per heavy atom. The number of carbonyl (C=O) groups is 3. The zero-order valence-electron chi connectivity index (χ0n) is 30.1. The molecular formula is C38H47N9O4S. The minimum absolute atomic E-state index is 0.0840. The summed E-state index contributed by atoms with van der Waals surface area (Å²) >= 11 is 1.68. The second-order valence-electron chi connectivity index (χ2n) is 13.3. The van der Waals surface area contributed by atoms with Gasteiger partial charge in [0.1, 0.15) is 24.2 Å². The molecule has 0 aliphatic carbocycles. The van der Waals surface area contributed by atoms with E-state index in [1.165, 1.54) is 7.11 Å². The van der Waals surface area contributed by atoms with Crippen LogP contribution in [0.4, 0.5) is 4.79 Å². The molecule has 0 radical (unpaired) electrons. The van der Waals surface area contributed by atoms with Crippen LogP contribution in [0.5, 0.6) is 0 Å². The van der Waals surface area contributed by atoms with Crippen molar-refractivity contribution in [3.63, 3.8) is 0 Å². The highest BCUT2D eigenvalue weighted by Crippen LogP contribution is 2.33. The molecule has 6 rings (SSSR count). The Morgan fingerprint density at radius 1 is 0.981 bits per heavy atom. The third kappa shape index (κ3) is 8.67. The summed E-state index contributed by atoms with van der Waals surface area (Å²) in [6, 6.07) is 16.2. The highest BCUT2D eigenvalue weighted by molar-refractivity contribution is 8.14. The van der Waals surface area contributed by atoms with Crippen molar-refractivity contribution in [2.24, 2.45) is 10.9 Å². The van der Waals surface area contributed by atoms with Gasteiger partial charge in [-0.15, -0.1) is 0 Å². The second-order valence-corrected chi connectivity index (χ2v) is 14.4. The first kappa shape index (κ1) is 36.7. The van der Waals surface area contributed by atoms with Gasteiger partial charge in [0.15, 0.2) is 5.17 Å². The van der Waals surface area contributed by atoms with Crippen molar-refractivity contribution >= 4 is 34.8 Å². The SMILES string of the molecule is CCCN(Cc1ncc(-c2ccc(-c3ccc(-c4cnc(C5CCCN5C(=O)C(NC5=NCCS5)C(C)C)[nH]4)cc3)cc2)[nH]1)C(=O)CNC(=O)OC. The van der Waals surface area contributed by atoms with E-state index in [2.05, 4.69) is 85.6 Å². The minimum Gasteiger partial charge on any atom is -0.453 e. The number of aromatic amines is 2. The first-order valence-electron chi connectivity index (χ1n) is 17.9. The number of aliphatic imine (C=N–C) groups is 1. The Bertz CT molecular complexity index is 1870. The lowest BCUT2D eigenvalue weighted by molar-refractivity contribution is -0.135. The smallest absolute Gasteiger partial charge is 0.407 e. The molecule has 13 nitrogen and oxygen atoms in total. The van der Waals surface area contributed by atoms with Crippen LogP contribution in [0.15, 0.2) is 65.9 Å². The fraction of sp³-hybridized carbons (Fsp3) is 0.421. The number of carbonyl (C=O) groups excluding carboxylic acids is 3. The normalized spacial score (nSPS) is 16.1. The number of hydrogen-bond donors (Lipinski definition) is 4. The number of H-pyrrole nitrogens is 2. The molecule has 274 valence electrons. The molecule has 0 spiro atoms. The van der Waals surface area contributed by atoms with Crippen molar-refractivity contribution in [3.8, 4) is 33.6 Å². The molecule has 2 atom stereocenters. The standard InChI is InChI=1S/C38H47N9O4S/c1-5-17-46(33(48)22-42-38(50)51-4)23-32-40-20-29(43-32)27-12-8-25(9-13-27)26-10-14-28(15-11-26)30-21-41-35(44-30)31-7-6-18-47(31)36(49)34(24(2)3)45-37-39-16-19-52-37/h8-15,20-21,24,31,34H,5-7,16-19,22-23H2,1-4H3,(H,39,45)(H,40,43)(H,41,44)(H,42,50). The Balaban J connectivity index is 1.08. The summed E-state index contributed by atoms with van der Waals surface area (Å²) < 4.78 is 4.56. The van der Waals surface area contributed by atoms with Gasteiger partial charge in [-0.25, -0.2) is 14.8 Å². The molecule has 1 saturated heterocycles. The van der Waals surface area contributed by atoms with E-state index in [1.807, 2.05) is 30.2 Å². The first-order valence-corrected chi connectivity index (χ1v) is 18.9. The number of likely N-dealkylation sites (tertiary alicyclic amines) is 1. The minimum atomic E-state index is -0.642. The van der Waals surface area contributed by atoms with Crippen LogP contribution in [0.2, 0.25) is 0 Å². The van der Waals surface area contributed by atoms with Crippen LogP contribution in [0, 0.1) is 5.92 Å². The monoisotopic (exact) mass is 725 g/mol. The molecule has 1 fully saturated rings. The van der Waals surface area contributed by atoms with E-state index in [9.17, 15) is 14.4 Å². The van der Waals surface area contributed by atoms with Gasteiger partial charge in [-0.3, -0.25) is 14.6 Å². The van der Waals surface area contributed by atoms with Gasteiger partial charge in [0.05, 0.1) is 50.0 Å². The van der Waals surface area contributed by atoms with Crippen LogP contribution in [0.3, 0.4) is 0 Å². The molecule has 4 heterocycles. The number of amides is 3. The van der Waals surface area contributed by atoms with Gasteiger partial charge in [-0.1, -0.05) is 81.1 Å². The lowest BCUT2D eigenvalue weighted by atomic mass is 10.0. The van der Waals surface area contributed by atoms with Crippen molar-refractivity contribution in [1.82, 2.24) is 40.4 Å². The molecule has 4 N–H and O–H groups in total. The van der Waals surface area contributed by atoms with E-state index in [4.69, 9.17) is 4.98 Å². The van der Waals surface area contributed by atoms with Crippen molar-refractivity contribution in [2.75, 3.05) is 39.0 Å². The van der Waals surface area contributed by atoms with Gasteiger partial charge in [-0.05, 0) is 47.4 Å². The van der Waals surface area contributed by atoms with Crippen LogP contribution in [-0.2, 0) is 20.9 Å². The summed E-state index contributed by atoms with van der Waals surface area (Å²) in [5, 5.41) is 6.72. The van der Waals surface area contributed by atoms with Crippen LogP contribution < -0.4 is 10.6 Å². The number of thioether (sulfide) groups is 1. The van der Waals surface area contributed by atoms with Gasteiger partial charge < -0.3 is 35.1 Å². The number of methoxy groups -OCH3 is 1. The highest BCUT2D eigenvalue weighted by Gasteiger charge is 2.37. The van der Waals surface area contributed by atoms with E-state index in [0.29, 0.717) is 18.9 Å². The summed E-state index contributed by atoms with van der Waals surface area (Å²) in [7, 11) is 1.26. The first-order chi connectivity index (χ1) is 25.2. The molecule has 4 aromatic rings. The molecule has 2 aromatic carbocycles. The van der Waals surface area contributed by atoms with Crippen LogP contribution in [0.1, 0.15) is 57.7 Å². The maximum Gasteiger partial charge on any atom is 0.407 e. The average molecular weight is 726 g/mol. The summed E-state index contributed by atoms with van der Waals surface area (Å²) in [5.74, 6) is 2.46. The lowest BCUT2D eigenvalue weighted by Crippen LogP contribution is -2.50. The molecule has 3 amide bonds. The number of ether oxygens (including phenoxy) is 1. The molecule has 2 aliphatic rings. The van der Waals surface area contributed by atoms with Gasteiger partial charge in [-0.2, -0.15) is 0 Å². The molecule has 2 unspecified atom stereocenters. The topological polar surface area (TPSA) is 161 Å². The largest absolute Gasteiger partial charge is 0.453 e. The third-order valence-corrected chi connectivity index (χ3v) is 10.3. The molecule has 52 heavy (non-hydrogen) atoms. The fourth-order valence-electron chi connectivity index (χ4n) is 6.56. The number of benzene rings is 2. The van der Waals surface area contributed by atoms with E-state index in [1.54, 1.807) is 22.9 Å². The van der Waals surface area contributed by atoms with Crippen molar-refractivity contribution in [1.29, 1.82) is 0 Å². The lowest BCUT2D eigenvalue weighted by Gasteiger charge is -2.30. The highest BCUT2D eigenvalue weighted by atomic mass is 32.2. The zero-order chi connectivity index (χ0) is 36.6. The zero-order valence-corrected chi connectivity index (χ0v) is 31.0. The van der Waals surface area contributed by atoms with E-state index in [-0.39, 0.29) is 36.4 Å². The van der Waals surface area contributed by atoms with Crippen LogP contribution >= 0.6 is 11.8 Å². The summed E-state index contributed by atoms with van der Waals surface area (Å²) in [4.78, 5) is 62.1. The summed E-state index contributed by atoms with van der Waals surface area (Å²) in [5.41, 5.74) is 5.93. The summed E-state index contributed by atoms with van der Waals surface area (Å²) in [6.07, 6.45) is 5.58. The van der Waals surface area contributed by atoms with E-state index in [0.717, 1.165) is 82.7 Å². The Hall–Kier alpha value is -5.11. The number of aromatic nitrogens is 4. The predicted octanol–water partition coefficient (Wildman–Crippen LogP) is 5.61. The number of rotatable bonds is 13.